The highest BCUT2D eigenvalue weighted by Gasteiger charge is 2.14. The van der Waals surface area contributed by atoms with Crippen molar-refractivity contribution in [3.63, 3.8) is 0 Å². The highest BCUT2D eigenvalue weighted by Crippen LogP contribution is 2.17. The van der Waals surface area contributed by atoms with Crippen molar-refractivity contribution in [3.8, 4) is 0 Å². The van der Waals surface area contributed by atoms with E-state index >= 15 is 0 Å². The first kappa shape index (κ1) is 17.1. The SMILES string of the molecule is O=C(Cc1ccc([N+](=O)[O-])cc1)NNC(=S)NC1CCCCC1. The minimum Gasteiger partial charge on any atom is -0.359 e. The molecular formula is C15H20N4O3S. The molecule has 1 aromatic rings. The number of hydrogen-bond acceptors (Lipinski definition) is 4. The minimum absolute atomic E-state index is 0.00476. The van der Waals surface area contributed by atoms with Gasteiger partial charge in [0.25, 0.3) is 5.69 Å². The zero-order valence-electron chi connectivity index (χ0n) is 12.7. The Morgan fingerprint density at radius 1 is 1.17 bits per heavy atom. The van der Waals surface area contributed by atoms with Crippen LogP contribution in [-0.4, -0.2) is 22.0 Å². The van der Waals surface area contributed by atoms with E-state index in [2.05, 4.69) is 16.2 Å². The Hall–Kier alpha value is -2.22. The predicted molar refractivity (Wildman–Crippen MR) is 90.7 cm³/mol. The number of non-ortho nitro benzene ring substituents is 1. The Kier molecular flexibility index (Phi) is 6.28. The van der Waals surface area contributed by atoms with Crippen LogP contribution in [0.2, 0.25) is 0 Å². The second-order valence-corrected chi connectivity index (χ2v) is 5.99. The Balaban J connectivity index is 1.71. The molecule has 1 aromatic carbocycles. The average Bonchev–Trinajstić information content (AvgIpc) is 2.54. The first-order chi connectivity index (χ1) is 11.0. The molecule has 0 unspecified atom stereocenters. The number of hydrogen-bond donors (Lipinski definition) is 3. The van der Waals surface area contributed by atoms with Gasteiger partial charge in [-0.2, -0.15) is 0 Å². The molecule has 8 heteroatoms. The molecule has 0 spiro atoms. The van der Waals surface area contributed by atoms with Gasteiger partial charge in [0.2, 0.25) is 5.91 Å². The van der Waals surface area contributed by atoms with Gasteiger partial charge in [-0.15, -0.1) is 0 Å². The summed E-state index contributed by atoms with van der Waals surface area (Å²) in [5.74, 6) is -0.258. The number of hydrazine groups is 1. The number of nitrogens with zero attached hydrogens (tertiary/aromatic N) is 1. The molecule has 0 atom stereocenters. The number of carbonyl (C=O) groups is 1. The number of nitro groups is 1. The Labute approximate surface area is 140 Å². The number of amides is 1. The van der Waals surface area contributed by atoms with Crippen LogP contribution in [0.3, 0.4) is 0 Å². The molecule has 1 saturated carbocycles. The first-order valence-corrected chi connectivity index (χ1v) is 8.04. The van der Waals surface area contributed by atoms with Crippen LogP contribution in [0.4, 0.5) is 5.69 Å². The maximum Gasteiger partial charge on any atom is 0.269 e. The van der Waals surface area contributed by atoms with Crippen LogP contribution in [0.15, 0.2) is 24.3 Å². The van der Waals surface area contributed by atoms with Gasteiger partial charge in [0.05, 0.1) is 11.3 Å². The van der Waals surface area contributed by atoms with E-state index in [9.17, 15) is 14.9 Å². The van der Waals surface area contributed by atoms with E-state index in [1.165, 1.54) is 31.4 Å². The summed E-state index contributed by atoms with van der Waals surface area (Å²) in [6.07, 6.45) is 5.98. The van der Waals surface area contributed by atoms with Gasteiger partial charge in [0, 0.05) is 18.2 Å². The molecule has 0 aliphatic heterocycles. The van der Waals surface area contributed by atoms with Gasteiger partial charge < -0.3 is 5.32 Å². The Morgan fingerprint density at radius 3 is 2.43 bits per heavy atom. The van der Waals surface area contributed by atoms with E-state index in [1.807, 2.05) is 0 Å². The molecule has 0 heterocycles. The molecule has 0 aromatic heterocycles. The van der Waals surface area contributed by atoms with Crippen LogP contribution >= 0.6 is 12.2 Å². The van der Waals surface area contributed by atoms with Crippen molar-refractivity contribution in [3.05, 3.63) is 39.9 Å². The molecule has 0 saturated heterocycles. The minimum atomic E-state index is -0.471. The summed E-state index contributed by atoms with van der Waals surface area (Å²) in [4.78, 5) is 21.9. The lowest BCUT2D eigenvalue weighted by Crippen LogP contribution is -2.50. The fourth-order valence-electron chi connectivity index (χ4n) is 2.56. The molecule has 124 valence electrons. The smallest absolute Gasteiger partial charge is 0.269 e. The van der Waals surface area contributed by atoms with Crippen molar-refractivity contribution in [1.82, 2.24) is 16.2 Å². The summed E-state index contributed by atoms with van der Waals surface area (Å²) < 4.78 is 0. The Morgan fingerprint density at radius 2 is 1.83 bits per heavy atom. The van der Waals surface area contributed by atoms with Gasteiger partial charge in [-0.05, 0) is 30.6 Å². The number of benzene rings is 1. The van der Waals surface area contributed by atoms with Crippen LogP contribution in [0.1, 0.15) is 37.7 Å². The van der Waals surface area contributed by atoms with Crippen molar-refractivity contribution in [2.24, 2.45) is 0 Å². The lowest BCUT2D eigenvalue weighted by molar-refractivity contribution is -0.384. The number of nitro benzene ring substituents is 1. The standard InChI is InChI=1S/C15H20N4O3S/c20-14(10-11-6-8-13(9-7-11)19(21)22)17-18-15(23)16-12-4-2-1-3-5-12/h6-9,12H,1-5,10H2,(H,17,20)(H2,16,18,23). The molecule has 0 bridgehead atoms. The summed E-state index contributed by atoms with van der Waals surface area (Å²) in [7, 11) is 0. The molecular weight excluding hydrogens is 316 g/mol. The average molecular weight is 336 g/mol. The first-order valence-electron chi connectivity index (χ1n) is 7.63. The summed E-state index contributed by atoms with van der Waals surface area (Å²) in [6, 6.07) is 6.26. The predicted octanol–water partition coefficient (Wildman–Crippen LogP) is 1.97. The van der Waals surface area contributed by atoms with E-state index in [1.54, 1.807) is 12.1 Å². The van der Waals surface area contributed by atoms with Gasteiger partial charge >= 0.3 is 0 Å². The van der Waals surface area contributed by atoms with E-state index in [0.29, 0.717) is 16.7 Å². The Bertz CT molecular complexity index is 571. The summed E-state index contributed by atoms with van der Waals surface area (Å²) in [5.41, 5.74) is 5.92. The second kappa shape index (κ2) is 8.42. The molecule has 23 heavy (non-hydrogen) atoms. The van der Waals surface area contributed by atoms with E-state index in [-0.39, 0.29) is 18.0 Å². The number of rotatable bonds is 4. The molecule has 1 aliphatic rings. The fraction of sp³-hybridized carbons (Fsp3) is 0.467. The van der Waals surface area contributed by atoms with Crippen molar-refractivity contribution in [1.29, 1.82) is 0 Å². The molecule has 1 amide bonds. The van der Waals surface area contributed by atoms with Crippen molar-refractivity contribution >= 4 is 28.9 Å². The summed E-state index contributed by atoms with van der Waals surface area (Å²) >= 11 is 5.15. The van der Waals surface area contributed by atoms with Crippen molar-refractivity contribution in [2.45, 2.75) is 44.6 Å². The zero-order chi connectivity index (χ0) is 16.7. The van der Waals surface area contributed by atoms with E-state index < -0.39 is 4.92 Å². The van der Waals surface area contributed by atoms with Crippen LogP contribution in [0.25, 0.3) is 0 Å². The van der Waals surface area contributed by atoms with E-state index in [0.717, 1.165) is 12.8 Å². The third-order valence-corrected chi connectivity index (χ3v) is 3.99. The third kappa shape index (κ3) is 5.82. The molecule has 7 nitrogen and oxygen atoms in total. The quantitative estimate of drug-likeness (QED) is 0.442. The van der Waals surface area contributed by atoms with Gasteiger partial charge in [-0.25, -0.2) is 0 Å². The highest BCUT2D eigenvalue weighted by molar-refractivity contribution is 7.80. The van der Waals surface area contributed by atoms with Crippen LogP contribution < -0.4 is 16.2 Å². The van der Waals surface area contributed by atoms with Gasteiger partial charge in [0.1, 0.15) is 0 Å². The van der Waals surface area contributed by atoms with Crippen molar-refractivity contribution in [2.75, 3.05) is 0 Å². The maximum atomic E-state index is 11.8. The molecule has 0 radical (unpaired) electrons. The maximum absolute atomic E-state index is 11.8. The van der Waals surface area contributed by atoms with Crippen molar-refractivity contribution < 1.29 is 9.72 Å². The second-order valence-electron chi connectivity index (χ2n) is 5.58. The molecule has 3 N–H and O–H groups in total. The number of nitrogens with one attached hydrogen (secondary N) is 3. The molecule has 2 rings (SSSR count). The van der Waals surface area contributed by atoms with Gasteiger partial charge in [-0.3, -0.25) is 25.8 Å². The summed E-state index contributed by atoms with van der Waals surface area (Å²) in [6.45, 7) is 0. The largest absolute Gasteiger partial charge is 0.359 e. The van der Waals surface area contributed by atoms with Crippen LogP contribution in [0, 0.1) is 10.1 Å². The van der Waals surface area contributed by atoms with E-state index in [4.69, 9.17) is 12.2 Å². The van der Waals surface area contributed by atoms with Crippen LogP contribution in [-0.2, 0) is 11.2 Å². The zero-order valence-corrected chi connectivity index (χ0v) is 13.5. The van der Waals surface area contributed by atoms with Gasteiger partial charge in [-0.1, -0.05) is 31.4 Å². The van der Waals surface area contributed by atoms with Crippen LogP contribution in [0.5, 0.6) is 0 Å². The molecule has 1 aliphatic carbocycles. The van der Waals surface area contributed by atoms with Gasteiger partial charge in [0.15, 0.2) is 5.11 Å². The lowest BCUT2D eigenvalue weighted by atomic mass is 9.96. The summed E-state index contributed by atoms with van der Waals surface area (Å²) in [5, 5.41) is 14.2. The third-order valence-electron chi connectivity index (χ3n) is 3.77. The molecule has 1 fully saturated rings. The number of thiocarbonyl (C=S) groups is 1. The highest BCUT2D eigenvalue weighted by atomic mass is 32.1. The lowest BCUT2D eigenvalue weighted by Gasteiger charge is -2.24. The number of carbonyl (C=O) groups excluding carboxylic acids is 1. The normalized spacial score (nSPS) is 14.8. The monoisotopic (exact) mass is 336 g/mol. The fourth-order valence-corrected chi connectivity index (χ4v) is 2.78. The topological polar surface area (TPSA) is 96.3 Å².